The van der Waals surface area contributed by atoms with E-state index in [9.17, 15) is 0 Å². The maximum atomic E-state index is 6.58. The van der Waals surface area contributed by atoms with Gasteiger partial charge in [-0.25, -0.2) is 9.97 Å². The second-order valence-electron chi connectivity index (χ2n) is 12.9. The first-order valence-corrected chi connectivity index (χ1v) is 17.4. The Balaban J connectivity index is 1.22. The Kier molecular flexibility index (Phi) is 5.47. The SMILES string of the molecule is c1ccc2c(c1)Oc1ccccc1C21c2ccccc2-c2ccc(-c3nc(-c4ccc5ccccc5c4)nc4c3sc3ccccc34)cc21. The predicted molar refractivity (Wildman–Crippen MR) is 201 cm³/mol. The van der Waals surface area contributed by atoms with Crippen molar-refractivity contribution < 1.29 is 4.74 Å². The smallest absolute Gasteiger partial charge is 0.160 e. The van der Waals surface area contributed by atoms with Gasteiger partial charge in [-0.1, -0.05) is 127 Å². The lowest BCUT2D eigenvalue weighted by Crippen LogP contribution is -2.32. The fourth-order valence-corrected chi connectivity index (χ4v) is 9.40. The molecular formula is C45H26N2OS. The van der Waals surface area contributed by atoms with Crippen molar-refractivity contribution in [2.45, 2.75) is 5.41 Å². The second-order valence-corrected chi connectivity index (χ2v) is 13.9. The molecule has 4 heteroatoms. The Morgan fingerprint density at radius 3 is 1.98 bits per heavy atom. The number of fused-ring (bicyclic) bond motifs is 13. The number of rotatable bonds is 2. The van der Waals surface area contributed by atoms with Crippen LogP contribution in [-0.4, -0.2) is 9.97 Å². The highest BCUT2D eigenvalue weighted by Crippen LogP contribution is 2.62. The molecule has 228 valence electrons. The standard InChI is InChI=1S/C45H26N2OS/c1-2-12-28-25-30(22-21-27(28)11-1)44-46-41(43-42(47-44)33-14-4-10-20-40(33)49-43)29-23-24-32-31-13-3-5-15-34(31)45(37(32)26-29)35-16-6-8-18-38(35)48-39-19-9-7-17-36(39)45/h1-26H. The van der Waals surface area contributed by atoms with Gasteiger partial charge < -0.3 is 4.74 Å². The first-order valence-electron chi connectivity index (χ1n) is 16.6. The lowest BCUT2D eigenvalue weighted by atomic mass is 9.66. The summed E-state index contributed by atoms with van der Waals surface area (Å²) in [6.07, 6.45) is 0. The van der Waals surface area contributed by atoms with E-state index < -0.39 is 5.41 Å². The highest BCUT2D eigenvalue weighted by atomic mass is 32.1. The van der Waals surface area contributed by atoms with E-state index in [0.717, 1.165) is 60.9 Å². The molecule has 0 N–H and O–H groups in total. The van der Waals surface area contributed by atoms with E-state index in [1.54, 1.807) is 11.3 Å². The van der Waals surface area contributed by atoms with Gasteiger partial charge in [-0.2, -0.15) is 0 Å². The molecule has 1 spiro atoms. The number of thiophene rings is 1. The summed E-state index contributed by atoms with van der Waals surface area (Å²) in [4.78, 5) is 10.7. The minimum Gasteiger partial charge on any atom is -0.457 e. The molecule has 0 bridgehead atoms. The molecule has 0 radical (unpaired) electrons. The Morgan fingerprint density at radius 2 is 1.14 bits per heavy atom. The summed E-state index contributed by atoms with van der Waals surface area (Å²) in [5.41, 5.74) is 10.8. The van der Waals surface area contributed by atoms with E-state index in [1.807, 2.05) is 0 Å². The molecule has 0 unspecified atom stereocenters. The van der Waals surface area contributed by atoms with Crippen molar-refractivity contribution in [3.05, 3.63) is 180 Å². The van der Waals surface area contributed by atoms with Crippen molar-refractivity contribution in [2.75, 3.05) is 0 Å². The monoisotopic (exact) mass is 642 g/mol. The summed E-state index contributed by atoms with van der Waals surface area (Å²) >= 11 is 1.77. The third-order valence-corrected chi connectivity index (χ3v) is 11.5. The number of ether oxygens (including phenoxy) is 1. The van der Waals surface area contributed by atoms with E-state index in [2.05, 4.69) is 158 Å². The van der Waals surface area contributed by atoms with E-state index in [-0.39, 0.29) is 0 Å². The van der Waals surface area contributed by atoms with Gasteiger partial charge >= 0.3 is 0 Å². The summed E-state index contributed by atoms with van der Waals surface area (Å²) < 4.78 is 8.89. The van der Waals surface area contributed by atoms with Gasteiger partial charge in [0.15, 0.2) is 5.82 Å². The zero-order valence-electron chi connectivity index (χ0n) is 26.2. The quantitative estimate of drug-likeness (QED) is 0.188. The molecule has 0 saturated carbocycles. The van der Waals surface area contributed by atoms with Crippen LogP contribution in [0.25, 0.3) is 64.8 Å². The molecule has 0 atom stereocenters. The molecule has 7 aromatic carbocycles. The molecule has 49 heavy (non-hydrogen) atoms. The number of aromatic nitrogens is 2. The Labute approximate surface area is 286 Å². The minimum atomic E-state index is -0.541. The third kappa shape index (κ3) is 3.67. The normalized spacial score (nSPS) is 13.6. The number of nitrogens with zero attached hydrogens (tertiary/aromatic N) is 2. The topological polar surface area (TPSA) is 35.0 Å². The Bertz CT molecular complexity index is 2790. The van der Waals surface area contributed by atoms with Crippen LogP contribution in [0.1, 0.15) is 22.3 Å². The second kappa shape index (κ2) is 9.96. The highest BCUT2D eigenvalue weighted by Gasteiger charge is 2.51. The Hall–Kier alpha value is -6.10. The fourth-order valence-electron chi connectivity index (χ4n) is 8.25. The van der Waals surface area contributed by atoms with Crippen molar-refractivity contribution in [1.29, 1.82) is 0 Å². The fraction of sp³-hybridized carbons (Fsp3) is 0.0222. The first kappa shape index (κ1) is 26.9. The van der Waals surface area contributed by atoms with E-state index >= 15 is 0 Å². The van der Waals surface area contributed by atoms with Crippen LogP contribution in [0.5, 0.6) is 11.5 Å². The molecule has 0 saturated heterocycles. The van der Waals surface area contributed by atoms with Crippen molar-refractivity contribution in [3.8, 4) is 45.3 Å². The van der Waals surface area contributed by atoms with E-state index in [0.29, 0.717) is 0 Å². The van der Waals surface area contributed by atoms with E-state index in [1.165, 1.54) is 37.7 Å². The maximum Gasteiger partial charge on any atom is 0.160 e. The minimum absolute atomic E-state index is 0.541. The molecule has 3 nitrogen and oxygen atoms in total. The van der Waals surface area contributed by atoms with Gasteiger partial charge in [-0.05, 0) is 63.4 Å². The molecule has 2 aliphatic rings. The summed E-state index contributed by atoms with van der Waals surface area (Å²) in [6, 6.07) is 56.4. The van der Waals surface area contributed by atoms with Crippen molar-refractivity contribution in [2.24, 2.45) is 0 Å². The predicted octanol–water partition coefficient (Wildman–Crippen LogP) is 11.8. The molecule has 3 heterocycles. The van der Waals surface area contributed by atoms with Gasteiger partial charge in [-0.3, -0.25) is 0 Å². The molecule has 0 fully saturated rings. The molecule has 9 aromatic rings. The van der Waals surface area contributed by atoms with Crippen molar-refractivity contribution in [3.63, 3.8) is 0 Å². The van der Waals surface area contributed by atoms with Crippen LogP contribution in [0.3, 0.4) is 0 Å². The summed E-state index contributed by atoms with van der Waals surface area (Å²) in [7, 11) is 0. The van der Waals surface area contributed by atoms with Gasteiger partial charge in [0.2, 0.25) is 0 Å². The lowest BCUT2D eigenvalue weighted by molar-refractivity contribution is 0.436. The summed E-state index contributed by atoms with van der Waals surface area (Å²) in [5, 5.41) is 3.54. The molecular weight excluding hydrogens is 617 g/mol. The molecule has 11 rings (SSSR count). The maximum absolute atomic E-state index is 6.58. The van der Waals surface area contributed by atoms with Crippen LogP contribution >= 0.6 is 11.3 Å². The van der Waals surface area contributed by atoms with Gasteiger partial charge in [-0.15, -0.1) is 11.3 Å². The number of benzene rings is 7. The third-order valence-electron chi connectivity index (χ3n) is 10.3. The molecule has 2 aromatic heterocycles. The van der Waals surface area contributed by atoms with Gasteiger partial charge in [0.1, 0.15) is 11.5 Å². The van der Waals surface area contributed by atoms with Gasteiger partial charge in [0.25, 0.3) is 0 Å². The van der Waals surface area contributed by atoms with Crippen LogP contribution < -0.4 is 4.74 Å². The zero-order chi connectivity index (χ0) is 32.1. The average molecular weight is 643 g/mol. The number of para-hydroxylation sites is 2. The highest BCUT2D eigenvalue weighted by molar-refractivity contribution is 7.26. The Morgan fingerprint density at radius 1 is 0.490 bits per heavy atom. The largest absolute Gasteiger partial charge is 0.457 e. The number of hydrogen-bond donors (Lipinski definition) is 0. The molecule has 0 amide bonds. The van der Waals surface area contributed by atoms with Crippen molar-refractivity contribution in [1.82, 2.24) is 9.97 Å². The summed E-state index contributed by atoms with van der Waals surface area (Å²) in [5.74, 6) is 2.51. The van der Waals surface area contributed by atoms with Crippen LogP contribution in [0, 0.1) is 0 Å². The molecule has 1 aliphatic heterocycles. The molecule has 1 aliphatic carbocycles. The first-order chi connectivity index (χ1) is 24.3. The lowest BCUT2D eigenvalue weighted by Gasteiger charge is -2.39. The van der Waals surface area contributed by atoms with Crippen LogP contribution in [0.15, 0.2) is 158 Å². The summed E-state index contributed by atoms with van der Waals surface area (Å²) in [6.45, 7) is 0. The number of hydrogen-bond acceptors (Lipinski definition) is 4. The van der Waals surface area contributed by atoms with Crippen LogP contribution in [0.4, 0.5) is 0 Å². The van der Waals surface area contributed by atoms with Gasteiger partial charge in [0, 0.05) is 32.3 Å². The van der Waals surface area contributed by atoms with Gasteiger partial charge in [0.05, 0.1) is 21.3 Å². The van der Waals surface area contributed by atoms with Crippen molar-refractivity contribution >= 4 is 42.4 Å². The average Bonchev–Trinajstić information content (AvgIpc) is 3.68. The van der Waals surface area contributed by atoms with Crippen LogP contribution in [-0.2, 0) is 5.41 Å². The van der Waals surface area contributed by atoms with E-state index in [4.69, 9.17) is 14.7 Å². The van der Waals surface area contributed by atoms with Crippen LogP contribution in [0.2, 0.25) is 0 Å². The zero-order valence-corrected chi connectivity index (χ0v) is 27.0.